The van der Waals surface area contributed by atoms with Gasteiger partial charge in [0, 0.05) is 19.8 Å². The fraction of sp³-hybridized carbons (Fsp3) is 0.286. The van der Waals surface area contributed by atoms with Crippen molar-refractivity contribution in [2.45, 2.75) is 0 Å². The summed E-state index contributed by atoms with van der Waals surface area (Å²) in [6, 6.07) is 7.83. The van der Waals surface area contributed by atoms with E-state index in [0.717, 1.165) is 23.0 Å². The van der Waals surface area contributed by atoms with E-state index in [1.54, 1.807) is 6.08 Å². The lowest BCUT2D eigenvalue weighted by Gasteiger charge is -2.11. The molecule has 1 heterocycles. The summed E-state index contributed by atoms with van der Waals surface area (Å²) in [6.45, 7) is 0.907. The Hall–Kier alpha value is -1.50. The quantitative estimate of drug-likeness (QED) is 0.652. The van der Waals surface area contributed by atoms with Gasteiger partial charge in [0.15, 0.2) is 0 Å². The Morgan fingerprint density at radius 1 is 1.24 bits per heavy atom. The lowest BCUT2D eigenvalue weighted by atomic mass is 10.2. The predicted molar refractivity (Wildman–Crippen MR) is 81.2 cm³/mol. The van der Waals surface area contributed by atoms with Crippen LogP contribution in [-0.2, 0) is 4.79 Å². The van der Waals surface area contributed by atoms with Crippen LogP contribution in [0.25, 0.3) is 6.08 Å². The molecule has 0 aliphatic carbocycles. The standard InChI is InChI=1S/C14H17N3O2S.ClH/c1-16(2)11-5-3-10(4-6-11)9-12-13(18)17(8-7-15)14(19)20-12;/h3-6,9H,7-8,15H2,1-2H3;1H/b12-9+;. The Kier molecular flexibility index (Phi) is 6.26. The van der Waals surface area contributed by atoms with Crippen molar-refractivity contribution in [1.29, 1.82) is 0 Å². The third kappa shape index (κ3) is 4.00. The molecule has 1 aliphatic heterocycles. The molecule has 2 amide bonds. The summed E-state index contributed by atoms with van der Waals surface area (Å²) in [6.07, 6.45) is 1.76. The van der Waals surface area contributed by atoms with Crippen LogP contribution < -0.4 is 23.0 Å². The zero-order valence-electron chi connectivity index (χ0n) is 12.0. The van der Waals surface area contributed by atoms with Gasteiger partial charge in [-0.1, -0.05) is 12.1 Å². The van der Waals surface area contributed by atoms with Crippen molar-refractivity contribution in [3.05, 3.63) is 34.7 Å². The number of benzene rings is 1. The summed E-state index contributed by atoms with van der Waals surface area (Å²) >= 11 is 0.987. The summed E-state index contributed by atoms with van der Waals surface area (Å²) < 4.78 is 0. The van der Waals surface area contributed by atoms with Crippen LogP contribution >= 0.6 is 11.8 Å². The number of hydrogen-bond acceptors (Lipinski definition) is 4. The van der Waals surface area contributed by atoms with Crippen molar-refractivity contribution in [2.75, 3.05) is 32.1 Å². The Morgan fingerprint density at radius 3 is 2.38 bits per heavy atom. The molecule has 1 aromatic carbocycles. The maximum Gasteiger partial charge on any atom is 0.293 e. The Morgan fingerprint density at radius 2 is 1.86 bits per heavy atom. The van der Waals surface area contributed by atoms with Crippen molar-refractivity contribution in [2.24, 2.45) is 0 Å². The second-order valence-corrected chi connectivity index (χ2v) is 5.67. The van der Waals surface area contributed by atoms with E-state index in [2.05, 4.69) is 5.73 Å². The summed E-state index contributed by atoms with van der Waals surface area (Å²) in [5.41, 5.74) is 5.68. The van der Waals surface area contributed by atoms with Crippen LogP contribution in [0.3, 0.4) is 0 Å². The topological polar surface area (TPSA) is 68.3 Å². The van der Waals surface area contributed by atoms with Gasteiger partial charge in [-0.25, -0.2) is 0 Å². The minimum atomic E-state index is -0.222. The molecule has 0 spiro atoms. The number of quaternary nitrogens is 1. The number of anilines is 1. The highest BCUT2D eigenvalue weighted by molar-refractivity contribution is 8.18. The molecule has 5 nitrogen and oxygen atoms in total. The first-order valence-electron chi connectivity index (χ1n) is 6.35. The summed E-state index contributed by atoms with van der Waals surface area (Å²) in [5.74, 6) is -0.222. The number of hydrogen-bond donors (Lipinski definition) is 1. The van der Waals surface area contributed by atoms with Crippen molar-refractivity contribution < 1.29 is 27.7 Å². The van der Waals surface area contributed by atoms with E-state index in [4.69, 9.17) is 0 Å². The number of amides is 2. The van der Waals surface area contributed by atoms with Crippen LogP contribution in [0.15, 0.2) is 29.2 Å². The van der Waals surface area contributed by atoms with Gasteiger partial charge in [0.05, 0.1) is 18.0 Å². The minimum absolute atomic E-state index is 0. The highest BCUT2D eigenvalue weighted by Crippen LogP contribution is 2.31. The van der Waals surface area contributed by atoms with Crippen LogP contribution in [0.4, 0.5) is 10.5 Å². The first-order chi connectivity index (χ1) is 9.52. The lowest BCUT2D eigenvalue weighted by Crippen LogP contribution is -3.00. The van der Waals surface area contributed by atoms with Crippen molar-refractivity contribution >= 4 is 34.7 Å². The molecule has 0 unspecified atom stereocenters. The maximum atomic E-state index is 12.1. The van der Waals surface area contributed by atoms with Gasteiger partial charge in [-0.2, -0.15) is 0 Å². The Bertz CT molecular complexity index is 558. The molecule has 3 N–H and O–H groups in total. The Labute approximate surface area is 134 Å². The molecular weight excluding hydrogens is 310 g/mol. The third-order valence-corrected chi connectivity index (χ3v) is 3.87. The normalized spacial score (nSPS) is 16.3. The molecular formula is C14H18ClN3O2S. The monoisotopic (exact) mass is 327 g/mol. The summed E-state index contributed by atoms with van der Waals surface area (Å²) in [5, 5.41) is -0.213. The number of rotatable bonds is 4. The molecule has 114 valence electrons. The van der Waals surface area contributed by atoms with Crippen LogP contribution in [0, 0.1) is 0 Å². The van der Waals surface area contributed by atoms with Gasteiger partial charge in [-0.3, -0.25) is 14.5 Å². The molecule has 1 fully saturated rings. The molecule has 0 atom stereocenters. The lowest BCUT2D eigenvalue weighted by molar-refractivity contribution is -0.367. The van der Waals surface area contributed by atoms with Crippen LogP contribution in [0.2, 0.25) is 0 Å². The van der Waals surface area contributed by atoms with Gasteiger partial charge in [-0.05, 0) is 35.5 Å². The van der Waals surface area contributed by atoms with Crippen LogP contribution in [0.5, 0.6) is 0 Å². The zero-order chi connectivity index (χ0) is 14.7. The van der Waals surface area contributed by atoms with E-state index in [9.17, 15) is 9.59 Å². The second-order valence-electron chi connectivity index (χ2n) is 4.67. The first-order valence-corrected chi connectivity index (χ1v) is 7.16. The van der Waals surface area contributed by atoms with Crippen molar-refractivity contribution in [3.63, 3.8) is 0 Å². The van der Waals surface area contributed by atoms with E-state index in [-0.39, 0.29) is 23.6 Å². The molecule has 7 heteroatoms. The van der Waals surface area contributed by atoms with Gasteiger partial charge in [0.1, 0.15) is 0 Å². The predicted octanol–water partition coefficient (Wildman–Crippen LogP) is -1.97. The molecule has 21 heavy (non-hydrogen) atoms. The molecule has 1 saturated heterocycles. The summed E-state index contributed by atoms with van der Waals surface area (Å²) in [7, 11) is 3.94. The van der Waals surface area contributed by atoms with Crippen molar-refractivity contribution in [3.8, 4) is 0 Å². The average molecular weight is 328 g/mol. The van der Waals surface area contributed by atoms with Crippen molar-refractivity contribution in [1.82, 2.24) is 4.90 Å². The van der Waals surface area contributed by atoms with E-state index in [1.807, 2.05) is 43.3 Å². The molecule has 2 rings (SSSR count). The number of thioether (sulfide) groups is 1. The number of carbonyl (C=O) groups is 2. The van der Waals surface area contributed by atoms with E-state index < -0.39 is 0 Å². The minimum Gasteiger partial charge on any atom is -1.00 e. The Balaban J connectivity index is 0.00000220. The molecule has 0 saturated carbocycles. The summed E-state index contributed by atoms with van der Waals surface area (Å²) in [4.78, 5) is 27.5. The van der Waals surface area contributed by atoms with Crippen LogP contribution in [-0.4, -0.2) is 43.2 Å². The second kappa shape index (κ2) is 7.49. The highest BCUT2D eigenvalue weighted by Gasteiger charge is 2.34. The van der Waals surface area contributed by atoms with Gasteiger partial charge >= 0.3 is 0 Å². The fourth-order valence-corrected chi connectivity index (χ4v) is 2.74. The molecule has 1 aromatic rings. The van der Waals surface area contributed by atoms with E-state index >= 15 is 0 Å². The molecule has 0 aromatic heterocycles. The average Bonchev–Trinajstić information content (AvgIpc) is 2.67. The molecule has 0 radical (unpaired) electrons. The number of nitrogens with zero attached hydrogens (tertiary/aromatic N) is 2. The van der Waals surface area contributed by atoms with Gasteiger partial charge < -0.3 is 23.0 Å². The SMILES string of the molecule is CN(C)c1ccc(/C=C2/SC(=O)N(CC[NH3+])C2=O)cc1.[Cl-]. The first kappa shape index (κ1) is 17.6. The third-order valence-electron chi connectivity index (χ3n) is 2.96. The highest BCUT2D eigenvalue weighted by atomic mass is 35.5. The van der Waals surface area contributed by atoms with Gasteiger partial charge in [0.25, 0.3) is 11.1 Å². The molecule has 1 aliphatic rings. The maximum absolute atomic E-state index is 12.1. The number of imide groups is 1. The van der Waals surface area contributed by atoms with Gasteiger partial charge in [-0.15, -0.1) is 0 Å². The van der Waals surface area contributed by atoms with E-state index in [1.165, 1.54) is 4.90 Å². The van der Waals surface area contributed by atoms with Crippen LogP contribution in [0.1, 0.15) is 5.56 Å². The largest absolute Gasteiger partial charge is 1.00 e. The number of carbonyl (C=O) groups excluding carboxylic acids is 2. The zero-order valence-corrected chi connectivity index (χ0v) is 13.6. The van der Waals surface area contributed by atoms with Gasteiger partial charge in [0.2, 0.25) is 0 Å². The number of halogens is 1. The molecule has 0 bridgehead atoms. The fourth-order valence-electron chi connectivity index (χ4n) is 1.87. The smallest absolute Gasteiger partial charge is 0.293 e. The van der Waals surface area contributed by atoms with E-state index in [0.29, 0.717) is 18.0 Å².